The number of hydrogen-bond acceptors (Lipinski definition) is 5. The van der Waals surface area contributed by atoms with Gasteiger partial charge in [0.25, 0.3) is 0 Å². The maximum absolute atomic E-state index is 12.7. The molecular formula is C21H15F3N4O. The quantitative estimate of drug-likeness (QED) is 0.458. The highest BCUT2D eigenvalue weighted by Gasteiger charge is 2.30. The van der Waals surface area contributed by atoms with Crippen LogP contribution in [-0.4, -0.2) is 9.97 Å². The second-order valence-electron chi connectivity index (χ2n) is 6.22. The van der Waals surface area contributed by atoms with Gasteiger partial charge < -0.3 is 15.8 Å². The minimum atomic E-state index is -4.40. The van der Waals surface area contributed by atoms with Crippen LogP contribution < -0.4 is 15.8 Å². The molecule has 4 rings (SSSR count). The topological polar surface area (TPSA) is 73.1 Å². The lowest BCUT2D eigenvalue weighted by atomic mass is 10.1. The smallest absolute Gasteiger partial charge is 0.416 e. The number of halogens is 3. The molecular weight excluding hydrogens is 381 g/mol. The van der Waals surface area contributed by atoms with E-state index >= 15 is 0 Å². The summed E-state index contributed by atoms with van der Waals surface area (Å²) in [6, 6.07) is 17.9. The second-order valence-corrected chi connectivity index (χ2v) is 6.22. The first-order valence-electron chi connectivity index (χ1n) is 8.62. The average molecular weight is 396 g/mol. The van der Waals surface area contributed by atoms with Gasteiger partial charge in [-0.25, -0.2) is 4.98 Å². The zero-order valence-corrected chi connectivity index (χ0v) is 14.9. The number of alkyl halides is 3. The third-order valence-corrected chi connectivity index (χ3v) is 4.28. The van der Waals surface area contributed by atoms with Gasteiger partial charge in [-0.15, -0.1) is 0 Å². The number of nitrogen functional groups attached to an aromatic ring is 1. The number of aromatic nitrogens is 2. The molecule has 0 unspecified atom stereocenters. The number of nitrogens with one attached hydrogen (secondary N) is 1. The minimum absolute atomic E-state index is 0.139. The molecule has 0 saturated carbocycles. The van der Waals surface area contributed by atoms with Gasteiger partial charge in [-0.05, 0) is 35.7 Å². The van der Waals surface area contributed by atoms with Crippen LogP contribution >= 0.6 is 0 Å². The van der Waals surface area contributed by atoms with E-state index in [4.69, 9.17) is 10.5 Å². The normalized spacial score (nSPS) is 11.4. The number of nitrogens with two attached hydrogens (primary N) is 1. The molecule has 3 N–H and O–H groups in total. The van der Waals surface area contributed by atoms with E-state index in [0.29, 0.717) is 11.4 Å². The molecule has 0 saturated heterocycles. The first-order valence-corrected chi connectivity index (χ1v) is 8.62. The maximum atomic E-state index is 12.7. The van der Waals surface area contributed by atoms with E-state index < -0.39 is 11.7 Å². The van der Waals surface area contributed by atoms with Crippen molar-refractivity contribution in [2.24, 2.45) is 0 Å². The summed E-state index contributed by atoms with van der Waals surface area (Å²) >= 11 is 0. The Morgan fingerprint density at radius 3 is 2.34 bits per heavy atom. The lowest BCUT2D eigenvalue weighted by molar-refractivity contribution is -0.137. The highest BCUT2D eigenvalue weighted by Crippen LogP contribution is 2.35. The molecule has 29 heavy (non-hydrogen) atoms. The van der Waals surface area contributed by atoms with Crippen LogP contribution in [0.5, 0.6) is 11.6 Å². The Labute approximate surface area is 164 Å². The zero-order valence-electron chi connectivity index (χ0n) is 14.9. The van der Waals surface area contributed by atoms with Crippen molar-refractivity contribution in [3.05, 3.63) is 78.6 Å². The van der Waals surface area contributed by atoms with Gasteiger partial charge in [0, 0.05) is 11.1 Å². The molecule has 0 amide bonds. The van der Waals surface area contributed by atoms with Crippen molar-refractivity contribution < 1.29 is 17.9 Å². The summed E-state index contributed by atoms with van der Waals surface area (Å²) in [7, 11) is 0. The van der Waals surface area contributed by atoms with Crippen LogP contribution in [0.4, 0.5) is 30.4 Å². The standard InChI is InChI=1S/C21H15F3N4O/c22-21(23,24)14-8-10-15(11-9-14)28-19-18(25)20(27-12-26-19)29-17-7-3-5-13-4-1-2-6-16(13)17/h1-12H,25H2,(H,26,27,28). The highest BCUT2D eigenvalue weighted by molar-refractivity contribution is 5.88. The van der Waals surface area contributed by atoms with Crippen LogP contribution in [0.3, 0.4) is 0 Å². The van der Waals surface area contributed by atoms with Gasteiger partial charge in [0.1, 0.15) is 17.8 Å². The first-order chi connectivity index (χ1) is 13.9. The molecule has 0 bridgehead atoms. The Bertz CT molecular complexity index is 1160. The molecule has 0 aliphatic carbocycles. The van der Waals surface area contributed by atoms with E-state index in [-0.39, 0.29) is 17.4 Å². The number of nitrogens with zero attached hydrogens (tertiary/aromatic N) is 2. The van der Waals surface area contributed by atoms with E-state index in [0.717, 1.165) is 22.9 Å². The van der Waals surface area contributed by atoms with E-state index in [1.807, 2.05) is 36.4 Å². The lowest BCUT2D eigenvalue weighted by Crippen LogP contribution is -2.05. The molecule has 0 radical (unpaired) electrons. The molecule has 5 nitrogen and oxygen atoms in total. The first kappa shape index (κ1) is 18.5. The van der Waals surface area contributed by atoms with Crippen molar-refractivity contribution in [3.63, 3.8) is 0 Å². The summed E-state index contributed by atoms with van der Waals surface area (Å²) in [6.45, 7) is 0. The van der Waals surface area contributed by atoms with Crippen molar-refractivity contribution in [3.8, 4) is 11.6 Å². The molecule has 0 atom stereocenters. The fourth-order valence-corrected chi connectivity index (χ4v) is 2.83. The van der Waals surface area contributed by atoms with Crippen molar-refractivity contribution >= 4 is 28.0 Å². The van der Waals surface area contributed by atoms with E-state index in [1.54, 1.807) is 6.07 Å². The molecule has 4 aromatic rings. The summed E-state index contributed by atoms with van der Waals surface area (Å²) in [5.41, 5.74) is 5.93. The summed E-state index contributed by atoms with van der Waals surface area (Å²) in [6.07, 6.45) is -3.13. The monoisotopic (exact) mass is 396 g/mol. The molecule has 0 aliphatic heterocycles. The average Bonchev–Trinajstić information content (AvgIpc) is 2.71. The molecule has 0 spiro atoms. The Hall–Kier alpha value is -3.81. The van der Waals surface area contributed by atoms with Gasteiger partial charge in [0.2, 0.25) is 5.88 Å². The van der Waals surface area contributed by atoms with Gasteiger partial charge >= 0.3 is 6.18 Å². The van der Waals surface area contributed by atoms with Gasteiger partial charge in [0.15, 0.2) is 5.82 Å². The third kappa shape index (κ3) is 3.91. The number of rotatable bonds is 4. The minimum Gasteiger partial charge on any atom is -0.436 e. The second kappa shape index (κ2) is 7.31. The largest absolute Gasteiger partial charge is 0.436 e. The molecule has 0 fully saturated rings. The third-order valence-electron chi connectivity index (χ3n) is 4.28. The predicted octanol–water partition coefficient (Wildman–Crippen LogP) is 5.77. The molecule has 8 heteroatoms. The molecule has 1 aromatic heterocycles. The molecule has 3 aromatic carbocycles. The van der Waals surface area contributed by atoms with E-state index in [2.05, 4.69) is 15.3 Å². The van der Waals surface area contributed by atoms with Crippen LogP contribution in [0.2, 0.25) is 0 Å². The Balaban J connectivity index is 1.60. The molecule has 146 valence electrons. The number of fused-ring (bicyclic) bond motifs is 1. The van der Waals surface area contributed by atoms with E-state index in [1.165, 1.54) is 18.5 Å². The molecule has 0 aliphatic rings. The lowest BCUT2D eigenvalue weighted by Gasteiger charge is -2.13. The van der Waals surface area contributed by atoms with E-state index in [9.17, 15) is 13.2 Å². The van der Waals surface area contributed by atoms with Crippen molar-refractivity contribution in [1.29, 1.82) is 0 Å². The number of hydrogen-bond donors (Lipinski definition) is 2. The SMILES string of the molecule is Nc1c(Nc2ccc(C(F)(F)F)cc2)ncnc1Oc1cccc2ccccc12. The number of benzene rings is 3. The summed E-state index contributed by atoms with van der Waals surface area (Å²) in [5, 5.41) is 4.79. The Morgan fingerprint density at radius 2 is 1.59 bits per heavy atom. The molecule has 1 heterocycles. The Morgan fingerprint density at radius 1 is 0.862 bits per heavy atom. The van der Waals surface area contributed by atoms with Gasteiger partial charge in [0.05, 0.1) is 5.56 Å². The highest BCUT2D eigenvalue weighted by atomic mass is 19.4. The summed E-state index contributed by atoms with van der Waals surface area (Å²) < 4.78 is 44.0. The zero-order chi connectivity index (χ0) is 20.4. The van der Waals surface area contributed by atoms with Gasteiger partial charge in [-0.3, -0.25) is 0 Å². The Kier molecular flexibility index (Phi) is 4.67. The fourth-order valence-electron chi connectivity index (χ4n) is 2.83. The van der Waals surface area contributed by atoms with Crippen LogP contribution in [0.25, 0.3) is 10.8 Å². The predicted molar refractivity (Wildman–Crippen MR) is 105 cm³/mol. The van der Waals surface area contributed by atoms with Gasteiger partial charge in [-0.2, -0.15) is 18.2 Å². The van der Waals surface area contributed by atoms with Crippen LogP contribution in [0, 0.1) is 0 Å². The van der Waals surface area contributed by atoms with Crippen LogP contribution in [-0.2, 0) is 6.18 Å². The summed E-state index contributed by atoms with van der Waals surface area (Å²) in [5.74, 6) is 0.953. The number of ether oxygens (including phenoxy) is 1. The van der Waals surface area contributed by atoms with Gasteiger partial charge in [-0.1, -0.05) is 36.4 Å². The van der Waals surface area contributed by atoms with Crippen molar-refractivity contribution in [2.45, 2.75) is 6.18 Å². The number of anilines is 3. The summed E-state index contributed by atoms with van der Waals surface area (Å²) in [4.78, 5) is 8.14. The van der Waals surface area contributed by atoms with Crippen LogP contribution in [0.1, 0.15) is 5.56 Å². The van der Waals surface area contributed by atoms with Crippen molar-refractivity contribution in [1.82, 2.24) is 9.97 Å². The fraction of sp³-hybridized carbons (Fsp3) is 0.0476. The van der Waals surface area contributed by atoms with Crippen molar-refractivity contribution in [2.75, 3.05) is 11.1 Å². The maximum Gasteiger partial charge on any atom is 0.416 e. The van der Waals surface area contributed by atoms with Crippen LogP contribution in [0.15, 0.2) is 73.1 Å².